The molecule has 1 aromatic rings. The van der Waals surface area contributed by atoms with E-state index in [1.165, 1.54) is 18.2 Å². The Labute approximate surface area is 123 Å². The van der Waals surface area contributed by atoms with E-state index in [0.717, 1.165) is 19.3 Å². The molecular formula is C15H20N2O4. The van der Waals surface area contributed by atoms with E-state index in [0.29, 0.717) is 13.1 Å². The Morgan fingerprint density at radius 2 is 2.10 bits per heavy atom. The molecular weight excluding hydrogens is 272 g/mol. The molecule has 0 unspecified atom stereocenters. The second-order valence-electron chi connectivity index (χ2n) is 5.61. The lowest BCUT2D eigenvalue weighted by atomic mass is 9.82. The number of benzene rings is 1. The topological polar surface area (TPSA) is 83.7 Å². The van der Waals surface area contributed by atoms with Gasteiger partial charge in [0.05, 0.1) is 10.5 Å². The quantitative estimate of drug-likeness (QED) is 0.683. The number of likely N-dealkylation sites (tertiary alicyclic amines) is 1. The molecule has 1 fully saturated rings. The lowest BCUT2D eigenvalue weighted by Crippen LogP contribution is -2.31. The van der Waals surface area contributed by atoms with Crippen molar-refractivity contribution in [3.8, 4) is 5.75 Å². The number of carbonyl (C=O) groups is 1. The molecule has 0 saturated carbocycles. The standard InChI is InChI=1S/C15H20N2O4/c1-3-15(4-2)8-9-16(10-15)14(19)11-6-5-7-12(13(11)18)17(20)21/h5-7,18H,3-4,8-10H2,1-2H3. The molecule has 0 aliphatic carbocycles. The minimum Gasteiger partial charge on any atom is -0.502 e. The van der Waals surface area contributed by atoms with Crippen LogP contribution in [0.25, 0.3) is 0 Å². The minimum atomic E-state index is -0.682. The van der Waals surface area contributed by atoms with Crippen molar-refractivity contribution in [3.63, 3.8) is 0 Å². The molecule has 6 nitrogen and oxygen atoms in total. The fraction of sp³-hybridized carbons (Fsp3) is 0.533. The van der Waals surface area contributed by atoms with Gasteiger partial charge in [-0.3, -0.25) is 14.9 Å². The van der Waals surface area contributed by atoms with E-state index < -0.39 is 16.4 Å². The first kappa shape index (κ1) is 15.3. The fourth-order valence-corrected chi connectivity index (χ4v) is 2.96. The zero-order valence-corrected chi connectivity index (χ0v) is 12.3. The summed E-state index contributed by atoms with van der Waals surface area (Å²) in [6.45, 7) is 5.49. The number of nitro groups is 1. The van der Waals surface area contributed by atoms with Crippen LogP contribution in [-0.2, 0) is 0 Å². The average Bonchev–Trinajstić information content (AvgIpc) is 2.91. The lowest BCUT2D eigenvalue weighted by Gasteiger charge is -2.26. The van der Waals surface area contributed by atoms with Gasteiger partial charge in [0.25, 0.3) is 5.91 Å². The number of hydrogen-bond donors (Lipinski definition) is 1. The summed E-state index contributed by atoms with van der Waals surface area (Å²) in [4.78, 5) is 24.3. The van der Waals surface area contributed by atoms with Crippen LogP contribution in [0.4, 0.5) is 5.69 Å². The second-order valence-corrected chi connectivity index (χ2v) is 5.61. The predicted molar refractivity (Wildman–Crippen MR) is 78.3 cm³/mol. The van der Waals surface area contributed by atoms with E-state index in [1.807, 2.05) is 0 Å². The number of hydrogen-bond acceptors (Lipinski definition) is 4. The largest absolute Gasteiger partial charge is 0.502 e. The molecule has 1 aromatic carbocycles. The zero-order chi connectivity index (χ0) is 15.6. The molecule has 0 radical (unpaired) electrons. The summed E-state index contributed by atoms with van der Waals surface area (Å²) in [7, 11) is 0. The third kappa shape index (κ3) is 2.70. The Bertz CT molecular complexity index is 567. The van der Waals surface area contributed by atoms with Gasteiger partial charge in [0, 0.05) is 19.2 Å². The molecule has 2 rings (SSSR count). The maximum Gasteiger partial charge on any atom is 0.311 e. The number of phenolic OH excluding ortho intramolecular Hbond substituents is 1. The van der Waals surface area contributed by atoms with Crippen molar-refractivity contribution < 1.29 is 14.8 Å². The van der Waals surface area contributed by atoms with Crippen LogP contribution < -0.4 is 0 Å². The number of nitrogens with zero attached hydrogens (tertiary/aromatic N) is 2. The van der Waals surface area contributed by atoms with Crippen molar-refractivity contribution in [2.75, 3.05) is 13.1 Å². The van der Waals surface area contributed by atoms with Crippen LogP contribution in [0.2, 0.25) is 0 Å². The van der Waals surface area contributed by atoms with E-state index in [1.54, 1.807) is 4.90 Å². The molecule has 1 aliphatic heterocycles. The van der Waals surface area contributed by atoms with Gasteiger partial charge < -0.3 is 10.0 Å². The van der Waals surface area contributed by atoms with Crippen molar-refractivity contribution in [3.05, 3.63) is 33.9 Å². The molecule has 21 heavy (non-hydrogen) atoms. The van der Waals surface area contributed by atoms with Crippen LogP contribution in [0, 0.1) is 15.5 Å². The minimum absolute atomic E-state index is 0.00667. The fourth-order valence-electron chi connectivity index (χ4n) is 2.96. The number of nitro benzene ring substituents is 1. The summed E-state index contributed by atoms with van der Waals surface area (Å²) in [5.74, 6) is -0.877. The van der Waals surface area contributed by atoms with Gasteiger partial charge >= 0.3 is 5.69 Å². The summed E-state index contributed by atoms with van der Waals surface area (Å²) >= 11 is 0. The highest BCUT2D eigenvalue weighted by Gasteiger charge is 2.38. The van der Waals surface area contributed by atoms with Crippen LogP contribution in [0.15, 0.2) is 18.2 Å². The van der Waals surface area contributed by atoms with Crippen LogP contribution in [-0.4, -0.2) is 33.9 Å². The van der Waals surface area contributed by atoms with E-state index in [4.69, 9.17) is 0 Å². The van der Waals surface area contributed by atoms with E-state index in [9.17, 15) is 20.0 Å². The first-order valence-corrected chi connectivity index (χ1v) is 7.19. The molecule has 0 aromatic heterocycles. The predicted octanol–water partition coefficient (Wildman–Crippen LogP) is 2.95. The molecule has 0 spiro atoms. The Kier molecular flexibility index (Phi) is 4.16. The SMILES string of the molecule is CCC1(CC)CCN(C(=O)c2cccc([N+](=O)[O-])c2O)C1. The van der Waals surface area contributed by atoms with Gasteiger partial charge in [0.2, 0.25) is 5.75 Å². The summed E-state index contributed by atoms with van der Waals surface area (Å²) in [5.41, 5.74) is -0.295. The molecule has 1 amide bonds. The summed E-state index contributed by atoms with van der Waals surface area (Å²) in [5, 5.41) is 20.8. The van der Waals surface area contributed by atoms with E-state index >= 15 is 0 Å². The highest BCUT2D eigenvalue weighted by Crippen LogP contribution is 2.38. The van der Waals surface area contributed by atoms with Crippen molar-refractivity contribution in [1.29, 1.82) is 0 Å². The molecule has 1 heterocycles. The summed E-state index contributed by atoms with van der Waals surface area (Å²) in [6.07, 6.45) is 2.92. The Morgan fingerprint density at radius 1 is 1.43 bits per heavy atom. The number of para-hydroxylation sites is 1. The van der Waals surface area contributed by atoms with E-state index in [-0.39, 0.29) is 16.9 Å². The maximum absolute atomic E-state index is 12.5. The van der Waals surface area contributed by atoms with Crippen molar-refractivity contribution in [2.45, 2.75) is 33.1 Å². The lowest BCUT2D eigenvalue weighted by molar-refractivity contribution is -0.385. The molecule has 0 atom stereocenters. The third-order valence-corrected chi connectivity index (χ3v) is 4.67. The molecule has 114 valence electrons. The molecule has 1 N–H and O–H groups in total. The molecule has 1 aliphatic rings. The molecule has 1 saturated heterocycles. The van der Waals surface area contributed by atoms with Crippen LogP contribution in [0.5, 0.6) is 5.75 Å². The monoisotopic (exact) mass is 292 g/mol. The number of carbonyl (C=O) groups excluding carboxylic acids is 1. The van der Waals surface area contributed by atoms with Gasteiger partial charge in [-0.1, -0.05) is 19.9 Å². The second kappa shape index (κ2) is 5.71. The average molecular weight is 292 g/mol. The highest BCUT2D eigenvalue weighted by molar-refractivity contribution is 5.98. The van der Waals surface area contributed by atoms with Crippen molar-refractivity contribution in [2.24, 2.45) is 5.41 Å². The third-order valence-electron chi connectivity index (χ3n) is 4.67. The number of phenols is 1. The molecule has 0 bridgehead atoms. The van der Waals surface area contributed by atoms with Gasteiger partial charge in [0.15, 0.2) is 0 Å². The number of rotatable bonds is 4. The first-order chi connectivity index (χ1) is 9.94. The summed E-state index contributed by atoms with van der Waals surface area (Å²) in [6, 6.07) is 4.05. The Balaban J connectivity index is 2.26. The molecule has 6 heteroatoms. The normalized spacial score (nSPS) is 17.0. The Hall–Kier alpha value is -2.11. The van der Waals surface area contributed by atoms with Gasteiger partial charge in [-0.2, -0.15) is 0 Å². The maximum atomic E-state index is 12.5. The van der Waals surface area contributed by atoms with Gasteiger partial charge in [0.1, 0.15) is 0 Å². The van der Waals surface area contributed by atoms with Gasteiger partial charge in [-0.15, -0.1) is 0 Å². The van der Waals surface area contributed by atoms with Crippen LogP contribution in [0.1, 0.15) is 43.5 Å². The zero-order valence-electron chi connectivity index (χ0n) is 12.3. The van der Waals surface area contributed by atoms with Gasteiger partial charge in [-0.25, -0.2) is 0 Å². The van der Waals surface area contributed by atoms with Crippen molar-refractivity contribution in [1.82, 2.24) is 4.90 Å². The Morgan fingerprint density at radius 3 is 2.62 bits per heavy atom. The first-order valence-electron chi connectivity index (χ1n) is 7.19. The van der Waals surface area contributed by atoms with E-state index in [2.05, 4.69) is 13.8 Å². The number of amides is 1. The van der Waals surface area contributed by atoms with Crippen LogP contribution in [0.3, 0.4) is 0 Å². The van der Waals surface area contributed by atoms with Crippen LogP contribution >= 0.6 is 0 Å². The van der Waals surface area contributed by atoms with Gasteiger partial charge in [-0.05, 0) is 30.7 Å². The number of aromatic hydroxyl groups is 1. The highest BCUT2D eigenvalue weighted by atomic mass is 16.6. The smallest absolute Gasteiger partial charge is 0.311 e. The van der Waals surface area contributed by atoms with Crippen molar-refractivity contribution >= 4 is 11.6 Å². The summed E-state index contributed by atoms with van der Waals surface area (Å²) < 4.78 is 0.